The van der Waals surface area contributed by atoms with E-state index >= 15 is 0 Å². The Labute approximate surface area is 119 Å². The number of hydrogen-bond acceptors (Lipinski definition) is 4. The zero-order chi connectivity index (χ0) is 13.9. The summed E-state index contributed by atoms with van der Waals surface area (Å²) in [6.45, 7) is 6.25. The molecule has 0 spiro atoms. The van der Waals surface area contributed by atoms with Crippen LogP contribution >= 0.6 is 0 Å². The van der Waals surface area contributed by atoms with Gasteiger partial charge in [0.05, 0.1) is 5.69 Å². The molecule has 20 heavy (non-hydrogen) atoms. The van der Waals surface area contributed by atoms with Crippen LogP contribution in [0.5, 0.6) is 0 Å². The highest BCUT2D eigenvalue weighted by Gasteiger charge is 2.12. The average Bonchev–Trinajstić information content (AvgIpc) is 2.89. The fourth-order valence-corrected chi connectivity index (χ4v) is 2.59. The summed E-state index contributed by atoms with van der Waals surface area (Å²) in [7, 11) is 0. The topological polar surface area (TPSA) is 41.3 Å². The quantitative estimate of drug-likeness (QED) is 0.922. The molecule has 0 amide bonds. The van der Waals surface area contributed by atoms with E-state index in [-0.39, 0.29) is 0 Å². The van der Waals surface area contributed by atoms with E-state index in [0.29, 0.717) is 5.89 Å². The molecule has 0 saturated carbocycles. The SMILES string of the molecule is Cc1coc(-c2cc(NN3CCCCC3)ccc2C)n1. The van der Waals surface area contributed by atoms with Crippen molar-refractivity contribution in [1.29, 1.82) is 0 Å². The van der Waals surface area contributed by atoms with E-state index in [1.54, 1.807) is 6.26 Å². The molecule has 0 bridgehead atoms. The molecule has 4 nitrogen and oxygen atoms in total. The van der Waals surface area contributed by atoms with Gasteiger partial charge >= 0.3 is 0 Å². The van der Waals surface area contributed by atoms with E-state index in [2.05, 4.69) is 40.5 Å². The predicted octanol–water partition coefficient (Wildman–Crippen LogP) is 3.77. The Kier molecular flexibility index (Phi) is 3.74. The number of benzene rings is 1. The molecule has 0 atom stereocenters. The number of hydrogen-bond donors (Lipinski definition) is 1. The van der Waals surface area contributed by atoms with Crippen LogP contribution in [0.25, 0.3) is 11.5 Å². The molecule has 1 fully saturated rings. The van der Waals surface area contributed by atoms with Gasteiger partial charge in [-0.05, 0) is 44.4 Å². The summed E-state index contributed by atoms with van der Waals surface area (Å²) in [5, 5.41) is 2.29. The Hall–Kier alpha value is -1.81. The van der Waals surface area contributed by atoms with Crippen molar-refractivity contribution in [2.75, 3.05) is 18.5 Å². The highest BCUT2D eigenvalue weighted by molar-refractivity contribution is 5.65. The van der Waals surface area contributed by atoms with E-state index in [0.717, 1.165) is 30.0 Å². The van der Waals surface area contributed by atoms with Crippen LogP contribution in [-0.4, -0.2) is 23.1 Å². The molecular weight excluding hydrogens is 250 g/mol. The van der Waals surface area contributed by atoms with E-state index in [1.165, 1.54) is 24.8 Å². The summed E-state index contributed by atoms with van der Waals surface area (Å²) in [4.78, 5) is 4.42. The Bertz CT molecular complexity index is 585. The number of nitrogens with zero attached hydrogens (tertiary/aromatic N) is 2. The maximum Gasteiger partial charge on any atom is 0.226 e. The maximum atomic E-state index is 5.52. The summed E-state index contributed by atoms with van der Waals surface area (Å²) >= 11 is 0. The lowest BCUT2D eigenvalue weighted by Crippen LogP contribution is -2.34. The number of aromatic nitrogens is 1. The Morgan fingerprint density at radius 2 is 1.95 bits per heavy atom. The van der Waals surface area contributed by atoms with Crippen LogP contribution in [0, 0.1) is 13.8 Å². The van der Waals surface area contributed by atoms with Crippen molar-refractivity contribution in [3.63, 3.8) is 0 Å². The third kappa shape index (κ3) is 2.85. The summed E-state index contributed by atoms with van der Waals surface area (Å²) in [5.41, 5.74) is 7.73. The number of nitrogens with one attached hydrogen (secondary N) is 1. The van der Waals surface area contributed by atoms with E-state index in [9.17, 15) is 0 Å². The molecule has 4 heteroatoms. The molecule has 0 radical (unpaired) electrons. The van der Waals surface area contributed by atoms with Gasteiger partial charge in [-0.3, -0.25) is 0 Å². The van der Waals surface area contributed by atoms with Crippen LogP contribution in [0.2, 0.25) is 0 Å². The highest BCUT2D eigenvalue weighted by atomic mass is 16.3. The zero-order valence-corrected chi connectivity index (χ0v) is 12.1. The number of aryl methyl sites for hydroxylation is 2. The van der Waals surface area contributed by atoms with E-state index in [4.69, 9.17) is 4.42 Å². The first-order chi connectivity index (χ1) is 9.72. The van der Waals surface area contributed by atoms with Crippen LogP contribution in [0.4, 0.5) is 5.69 Å². The molecule has 0 aliphatic carbocycles. The summed E-state index contributed by atoms with van der Waals surface area (Å²) in [6.07, 6.45) is 5.57. The summed E-state index contributed by atoms with van der Waals surface area (Å²) in [6, 6.07) is 6.35. The van der Waals surface area contributed by atoms with Gasteiger partial charge in [0.2, 0.25) is 5.89 Å². The van der Waals surface area contributed by atoms with Crippen molar-refractivity contribution < 1.29 is 4.42 Å². The van der Waals surface area contributed by atoms with Crippen molar-refractivity contribution in [1.82, 2.24) is 9.99 Å². The third-order valence-corrected chi connectivity index (χ3v) is 3.73. The lowest BCUT2D eigenvalue weighted by atomic mass is 10.1. The molecule has 1 aliphatic heterocycles. The van der Waals surface area contributed by atoms with E-state index in [1.807, 2.05) is 6.92 Å². The van der Waals surface area contributed by atoms with Crippen molar-refractivity contribution in [2.45, 2.75) is 33.1 Å². The molecule has 2 heterocycles. The highest BCUT2D eigenvalue weighted by Crippen LogP contribution is 2.26. The predicted molar refractivity (Wildman–Crippen MR) is 80.5 cm³/mol. The molecule has 2 aromatic rings. The Morgan fingerprint density at radius 1 is 1.15 bits per heavy atom. The minimum atomic E-state index is 0.697. The van der Waals surface area contributed by atoms with Crippen LogP contribution < -0.4 is 5.43 Å². The van der Waals surface area contributed by atoms with Gasteiger partial charge in [0.25, 0.3) is 0 Å². The van der Waals surface area contributed by atoms with Gasteiger partial charge in [0, 0.05) is 24.3 Å². The molecule has 1 aromatic heterocycles. The largest absolute Gasteiger partial charge is 0.444 e. The van der Waals surface area contributed by atoms with Gasteiger partial charge in [-0.25, -0.2) is 9.99 Å². The Balaban J connectivity index is 1.82. The average molecular weight is 271 g/mol. The van der Waals surface area contributed by atoms with Crippen molar-refractivity contribution in [2.24, 2.45) is 0 Å². The third-order valence-electron chi connectivity index (χ3n) is 3.73. The maximum absolute atomic E-state index is 5.52. The van der Waals surface area contributed by atoms with Crippen molar-refractivity contribution in [3.05, 3.63) is 35.7 Å². The first-order valence-electron chi connectivity index (χ1n) is 7.27. The molecule has 1 aromatic carbocycles. The Morgan fingerprint density at radius 3 is 2.65 bits per heavy atom. The minimum absolute atomic E-state index is 0.697. The van der Waals surface area contributed by atoms with Gasteiger partial charge in [0.15, 0.2) is 0 Å². The first kappa shape index (κ1) is 13.2. The standard InChI is InChI=1S/C16H21N3O/c1-12-6-7-14(18-19-8-4-3-5-9-19)10-15(12)16-17-13(2)11-20-16/h6-7,10-11,18H,3-5,8-9H2,1-2H3. The number of anilines is 1. The fraction of sp³-hybridized carbons (Fsp3) is 0.438. The summed E-state index contributed by atoms with van der Waals surface area (Å²) in [5.74, 6) is 0.697. The molecule has 3 rings (SSSR count). The monoisotopic (exact) mass is 271 g/mol. The molecule has 106 valence electrons. The smallest absolute Gasteiger partial charge is 0.226 e. The lowest BCUT2D eigenvalue weighted by molar-refractivity contribution is 0.273. The molecule has 1 aliphatic rings. The second-order valence-electron chi connectivity index (χ2n) is 5.48. The van der Waals surface area contributed by atoms with Gasteiger partial charge < -0.3 is 9.84 Å². The minimum Gasteiger partial charge on any atom is -0.444 e. The van der Waals surface area contributed by atoms with Crippen LogP contribution in [0.3, 0.4) is 0 Å². The van der Waals surface area contributed by atoms with Crippen LogP contribution in [-0.2, 0) is 0 Å². The number of rotatable bonds is 3. The molecule has 0 unspecified atom stereocenters. The van der Waals surface area contributed by atoms with Crippen molar-refractivity contribution in [3.8, 4) is 11.5 Å². The molecular formula is C16H21N3O. The lowest BCUT2D eigenvalue weighted by Gasteiger charge is -2.28. The normalized spacial score (nSPS) is 16.3. The van der Waals surface area contributed by atoms with Gasteiger partial charge in [0.1, 0.15) is 6.26 Å². The molecule has 1 saturated heterocycles. The number of piperidine rings is 1. The van der Waals surface area contributed by atoms with E-state index < -0.39 is 0 Å². The van der Waals surface area contributed by atoms with Gasteiger partial charge in [-0.1, -0.05) is 12.5 Å². The zero-order valence-electron chi connectivity index (χ0n) is 12.1. The van der Waals surface area contributed by atoms with Gasteiger partial charge in [-0.2, -0.15) is 0 Å². The van der Waals surface area contributed by atoms with Crippen LogP contribution in [0.1, 0.15) is 30.5 Å². The first-order valence-corrected chi connectivity index (χ1v) is 7.27. The van der Waals surface area contributed by atoms with Gasteiger partial charge in [-0.15, -0.1) is 0 Å². The van der Waals surface area contributed by atoms with Crippen molar-refractivity contribution >= 4 is 5.69 Å². The second-order valence-corrected chi connectivity index (χ2v) is 5.48. The molecule has 1 N–H and O–H groups in total. The number of oxazole rings is 1. The fourth-order valence-electron chi connectivity index (χ4n) is 2.59. The van der Waals surface area contributed by atoms with Crippen LogP contribution in [0.15, 0.2) is 28.9 Å². The number of hydrazine groups is 1. The summed E-state index contributed by atoms with van der Waals surface area (Å²) < 4.78 is 5.52. The second kappa shape index (κ2) is 5.67.